The molecule has 2 heterocycles. The van der Waals surface area contributed by atoms with Crippen LogP contribution in [0.1, 0.15) is 17.5 Å². The second-order valence-electron chi connectivity index (χ2n) is 12.6. The largest absolute Gasteiger partial charge is 0.456 e. The van der Waals surface area contributed by atoms with Crippen LogP contribution in [0.3, 0.4) is 0 Å². The molecule has 230 valence electrons. The van der Waals surface area contributed by atoms with Gasteiger partial charge >= 0.3 is 0 Å². The van der Waals surface area contributed by atoms with E-state index in [1.165, 1.54) is 21.9 Å². The molecule has 0 saturated carbocycles. The Hall–Kier alpha value is -6.39. The predicted octanol–water partition coefficient (Wildman–Crippen LogP) is 11.7. The van der Waals surface area contributed by atoms with Crippen LogP contribution in [-0.2, 0) is 6.42 Å². The highest BCUT2D eigenvalue weighted by atomic mass is 16.3. The van der Waals surface area contributed by atoms with Crippen LogP contribution in [0.2, 0.25) is 0 Å². The first-order valence-electron chi connectivity index (χ1n) is 16.8. The average Bonchev–Trinajstić information content (AvgIpc) is 3.56. The maximum absolute atomic E-state index is 6.27. The second-order valence-corrected chi connectivity index (χ2v) is 12.6. The van der Waals surface area contributed by atoms with Crippen LogP contribution in [0.5, 0.6) is 0 Å². The number of aromatic nitrogens is 3. The minimum absolute atomic E-state index is 0.659. The van der Waals surface area contributed by atoms with Crippen LogP contribution in [-0.4, -0.2) is 15.0 Å². The molecular weight excluding hydrogens is 599 g/mol. The third-order valence-electron chi connectivity index (χ3n) is 9.81. The van der Waals surface area contributed by atoms with Crippen LogP contribution >= 0.6 is 0 Å². The van der Waals surface area contributed by atoms with Gasteiger partial charge in [-0.1, -0.05) is 133 Å². The lowest BCUT2D eigenvalue weighted by molar-refractivity contribution is 0.669. The molecule has 0 unspecified atom stereocenters. The fourth-order valence-corrected chi connectivity index (χ4v) is 7.58. The summed E-state index contributed by atoms with van der Waals surface area (Å²) < 4.78 is 6.27. The number of benzene rings is 7. The van der Waals surface area contributed by atoms with Gasteiger partial charge in [0.2, 0.25) is 0 Å². The van der Waals surface area contributed by atoms with E-state index in [9.17, 15) is 0 Å². The molecule has 0 bridgehead atoms. The van der Waals surface area contributed by atoms with Crippen LogP contribution in [0, 0.1) is 0 Å². The van der Waals surface area contributed by atoms with Crippen LogP contribution in [0.25, 0.3) is 94.8 Å². The van der Waals surface area contributed by atoms with Crippen molar-refractivity contribution in [1.82, 2.24) is 15.0 Å². The molecule has 4 nitrogen and oxygen atoms in total. The fourth-order valence-electron chi connectivity index (χ4n) is 7.58. The number of para-hydroxylation sites is 1. The Morgan fingerprint density at radius 1 is 0.469 bits per heavy atom. The lowest BCUT2D eigenvalue weighted by Gasteiger charge is -2.19. The number of nitrogens with zero attached hydrogens (tertiary/aromatic N) is 3. The van der Waals surface area contributed by atoms with Gasteiger partial charge in [-0.05, 0) is 74.8 Å². The molecule has 2 aromatic heterocycles. The van der Waals surface area contributed by atoms with Crippen molar-refractivity contribution < 1.29 is 4.42 Å². The molecule has 0 atom stereocenters. The molecule has 7 aromatic carbocycles. The van der Waals surface area contributed by atoms with Crippen LogP contribution in [0.15, 0.2) is 150 Å². The second kappa shape index (κ2) is 11.1. The summed E-state index contributed by atoms with van der Waals surface area (Å²) in [7, 11) is 0. The summed E-state index contributed by atoms with van der Waals surface area (Å²) in [5.74, 6) is 2.02. The first kappa shape index (κ1) is 27.7. The third kappa shape index (κ3) is 4.49. The summed E-state index contributed by atoms with van der Waals surface area (Å²) in [6, 6.07) is 48.6. The Morgan fingerprint density at radius 2 is 1.10 bits per heavy atom. The summed E-state index contributed by atoms with van der Waals surface area (Å²) in [6.45, 7) is 0. The molecule has 1 aliphatic carbocycles. The van der Waals surface area contributed by atoms with E-state index in [0.717, 1.165) is 73.4 Å². The topological polar surface area (TPSA) is 51.8 Å². The zero-order chi connectivity index (χ0) is 32.3. The quantitative estimate of drug-likeness (QED) is 0.195. The number of allylic oxidation sites excluding steroid dienone is 1. The minimum Gasteiger partial charge on any atom is -0.456 e. The molecule has 4 heteroatoms. The zero-order valence-corrected chi connectivity index (χ0v) is 26.6. The maximum Gasteiger partial charge on any atom is 0.164 e. The highest BCUT2D eigenvalue weighted by Gasteiger charge is 2.21. The lowest BCUT2D eigenvalue weighted by Crippen LogP contribution is -2.05. The van der Waals surface area contributed by atoms with Crippen molar-refractivity contribution in [3.8, 4) is 45.3 Å². The van der Waals surface area contributed by atoms with E-state index in [4.69, 9.17) is 19.4 Å². The number of furan rings is 1. The molecule has 10 rings (SSSR count). The molecule has 49 heavy (non-hydrogen) atoms. The number of hydrogen-bond acceptors (Lipinski definition) is 4. The van der Waals surface area contributed by atoms with Gasteiger partial charge < -0.3 is 4.42 Å². The molecule has 0 aliphatic heterocycles. The number of rotatable bonds is 4. The molecule has 1 aliphatic rings. The van der Waals surface area contributed by atoms with Crippen molar-refractivity contribution in [2.45, 2.75) is 12.8 Å². The molecule has 0 radical (unpaired) electrons. The molecule has 0 amide bonds. The Bertz CT molecular complexity index is 2780. The summed E-state index contributed by atoms with van der Waals surface area (Å²) in [5, 5.41) is 6.90. The Morgan fingerprint density at radius 3 is 1.98 bits per heavy atom. The summed E-state index contributed by atoms with van der Waals surface area (Å²) in [6.07, 6.45) is 6.47. The van der Waals surface area contributed by atoms with E-state index in [2.05, 4.69) is 115 Å². The fraction of sp³-hybridized carbons (Fsp3) is 0.0444. The van der Waals surface area contributed by atoms with E-state index in [1.807, 2.05) is 36.4 Å². The SMILES string of the molecule is C1=Cc2c(c(-c3nc(-c4ccccc4)nc(-c4cccc5c(-c6cccc7oc8ccccc8c67)cccc45)n3)cc3ccccc23)CC1. The molecule has 0 N–H and O–H groups in total. The van der Waals surface area contributed by atoms with Gasteiger partial charge in [0, 0.05) is 27.5 Å². The van der Waals surface area contributed by atoms with Gasteiger partial charge in [0.05, 0.1) is 0 Å². The van der Waals surface area contributed by atoms with Crippen molar-refractivity contribution >= 4 is 49.6 Å². The molecule has 0 fully saturated rings. The Labute approximate surface area is 283 Å². The van der Waals surface area contributed by atoms with Gasteiger partial charge in [-0.3, -0.25) is 0 Å². The highest BCUT2D eigenvalue weighted by molar-refractivity contribution is 6.16. The standard InChI is InChI=1S/C45H29N3O/c1-2-13-28(14-3-1)43-46-44(48-45(47-43)39-27-29-15-4-5-16-30(29)31-17-6-7-18-35(31)39)37-24-11-20-32-33(21-10-22-34(32)37)36-23-12-26-41-42(36)38-19-8-9-25-40(38)49-41/h1-6,8-17,19-27H,7,18H2. The van der Waals surface area contributed by atoms with Crippen molar-refractivity contribution in [3.63, 3.8) is 0 Å². The summed E-state index contributed by atoms with van der Waals surface area (Å²) >= 11 is 0. The van der Waals surface area contributed by atoms with E-state index in [1.54, 1.807) is 0 Å². The Kier molecular flexibility index (Phi) is 6.28. The maximum atomic E-state index is 6.27. The monoisotopic (exact) mass is 627 g/mol. The zero-order valence-electron chi connectivity index (χ0n) is 26.6. The van der Waals surface area contributed by atoms with Gasteiger partial charge in [0.25, 0.3) is 0 Å². The molecule has 0 spiro atoms. The minimum atomic E-state index is 0.659. The van der Waals surface area contributed by atoms with Crippen molar-refractivity contribution in [2.75, 3.05) is 0 Å². The highest BCUT2D eigenvalue weighted by Crippen LogP contribution is 2.41. The Balaban J connectivity index is 1.22. The number of fused-ring (bicyclic) bond motifs is 7. The average molecular weight is 628 g/mol. The lowest BCUT2D eigenvalue weighted by atomic mass is 9.88. The summed E-state index contributed by atoms with van der Waals surface area (Å²) in [5.41, 5.74) is 9.61. The first-order valence-corrected chi connectivity index (χ1v) is 16.8. The van der Waals surface area contributed by atoms with Gasteiger partial charge in [-0.25, -0.2) is 15.0 Å². The normalized spacial score (nSPS) is 12.7. The van der Waals surface area contributed by atoms with E-state index in [-0.39, 0.29) is 0 Å². The third-order valence-corrected chi connectivity index (χ3v) is 9.81. The van der Waals surface area contributed by atoms with Crippen molar-refractivity contribution in [2.24, 2.45) is 0 Å². The van der Waals surface area contributed by atoms with Crippen molar-refractivity contribution in [1.29, 1.82) is 0 Å². The molecule has 9 aromatic rings. The van der Waals surface area contributed by atoms with E-state index >= 15 is 0 Å². The van der Waals surface area contributed by atoms with Gasteiger partial charge in [-0.2, -0.15) is 0 Å². The molecular formula is C45H29N3O. The van der Waals surface area contributed by atoms with E-state index in [0.29, 0.717) is 17.5 Å². The first-order chi connectivity index (χ1) is 24.3. The summed E-state index contributed by atoms with van der Waals surface area (Å²) in [4.78, 5) is 15.6. The van der Waals surface area contributed by atoms with Gasteiger partial charge in [0.15, 0.2) is 17.5 Å². The smallest absolute Gasteiger partial charge is 0.164 e. The van der Waals surface area contributed by atoms with Crippen LogP contribution < -0.4 is 0 Å². The van der Waals surface area contributed by atoms with E-state index < -0.39 is 0 Å². The van der Waals surface area contributed by atoms with Crippen LogP contribution in [0.4, 0.5) is 0 Å². The van der Waals surface area contributed by atoms with Crippen molar-refractivity contribution in [3.05, 3.63) is 157 Å². The number of hydrogen-bond donors (Lipinski definition) is 0. The predicted molar refractivity (Wildman–Crippen MR) is 201 cm³/mol. The molecule has 0 saturated heterocycles. The van der Waals surface area contributed by atoms with Gasteiger partial charge in [0.1, 0.15) is 11.2 Å². The van der Waals surface area contributed by atoms with Gasteiger partial charge in [-0.15, -0.1) is 0 Å².